The Labute approximate surface area is 153 Å². The van der Waals surface area contributed by atoms with Crippen LogP contribution in [-0.4, -0.2) is 41.9 Å². The maximum Gasteiger partial charge on any atom is 0.303 e. The molecule has 6 nitrogen and oxygen atoms in total. The molecule has 1 N–H and O–H groups in total. The van der Waals surface area contributed by atoms with E-state index in [1.807, 2.05) is 37.4 Å². The number of hydrogen-bond acceptors (Lipinski definition) is 5. The number of nitrogens with zero attached hydrogens (tertiary/aromatic N) is 2. The van der Waals surface area contributed by atoms with Gasteiger partial charge in [0.15, 0.2) is 0 Å². The van der Waals surface area contributed by atoms with Gasteiger partial charge in [0.2, 0.25) is 0 Å². The normalized spacial score (nSPS) is 17.1. The fourth-order valence-electron chi connectivity index (χ4n) is 2.94. The van der Waals surface area contributed by atoms with Gasteiger partial charge in [0.05, 0.1) is 24.6 Å². The van der Waals surface area contributed by atoms with Gasteiger partial charge >= 0.3 is 5.97 Å². The molecule has 0 amide bonds. The third kappa shape index (κ3) is 5.20. The zero-order valence-electron chi connectivity index (χ0n) is 14.9. The fraction of sp³-hybridized carbons (Fsp3) is 0.400. The SMILES string of the molecule is Cc1ccc(OCc2cncc(N3CCO[C@@H](CCC(=O)O)C3)c2)cc1. The van der Waals surface area contributed by atoms with Crippen LogP contribution >= 0.6 is 0 Å². The standard InChI is InChI=1S/C20H24N2O4/c1-15-2-4-18(5-3-15)26-14-16-10-17(12-21-11-16)22-8-9-25-19(13-22)6-7-20(23)24/h2-5,10-12,19H,6-9,13-14H2,1H3,(H,23,24)/t19-/m0/s1. The Morgan fingerprint density at radius 2 is 2.15 bits per heavy atom. The summed E-state index contributed by atoms with van der Waals surface area (Å²) in [6.07, 6.45) is 4.22. The van der Waals surface area contributed by atoms with Gasteiger partial charge < -0.3 is 19.5 Å². The molecule has 0 radical (unpaired) electrons. The molecule has 138 valence electrons. The van der Waals surface area contributed by atoms with Crippen LogP contribution in [0.2, 0.25) is 0 Å². The number of aliphatic carboxylic acids is 1. The number of aryl methyl sites for hydroxylation is 1. The average molecular weight is 356 g/mol. The third-order valence-electron chi connectivity index (χ3n) is 4.39. The van der Waals surface area contributed by atoms with Gasteiger partial charge in [-0.1, -0.05) is 17.7 Å². The maximum atomic E-state index is 10.8. The van der Waals surface area contributed by atoms with Crippen molar-refractivity contribution in [3.8, 4) is 5.75 Å². The molecule has 1 atom stereocenters. The predicted molar refractivity (Wildman–Crippen MR) is 98.6 cm³/mol. The predicted octanol–water partition coefficient (Wildman–Crippen LogP) is 3.04. The Morgan fingerprint density at radius 3 is 2.92 bits per heavy atom. The molecule has 1 aliphatic rings. The van der Waals surface area contributed by atoms with Crippen LogP contribution in [0, 0.1) is 6.92 Å². The van der Waals surface area contributed by atoms with E-state index in [0.717, 1.165) is 23.5 Å². The highest BCUT2D eigenvalue weighted by Gasteiger charge is 2.21. The van der Waals surface area contributed by atoms with E-state index in [4.69, 9.17) is 14.6 Å². The summed E-state index contributed by atoms with van der Waals surface area (Å²) in [6.45, 7) is 4.54. The Bertz CT molecular complexity index is 733. The minimum absolute atomic E-state index is 0.0627. The summed E-state index contributed by atoms with van der Waals surface area (Å²) < 4.78 is 11.5. The number of morpholine rings is 1. The molecule has 1 fully saturated rings. The summed E-state index contributed by atoms with van der Waals surface area (Å²) in [5.41, 5.74) is 3.21. The number of rotatable bonds is 7. The molecule has 1 aromatic heterocycles. The number of hydrogen-bond donors (Lipinski definition) is 1. The summed E-state index contributed by atoms with van der Waals surface area (Å²) in [7, 11) is 0. The van der Waals surface area contributed by atoms with Crippen LogP contribution in [0.25, 0.3) is 0 Å². The lowest BCUT2D eigenvalue weighted by atomic mass is 10.1. The summed E-state index contributed by atoms with van der Waals surface area (Å²) >= 11 is 0. The molecular weight excluding hydrogens is 332 g/mol. The number of aromatic nitrogens is 1. The van der Waals surface area contributed by atoms with Crippen molar-refractivity contribution in [3.63, 3.8) is 0 Å². The van der Waals surface area contributed by atoms with Crippen molar-refractivity contribution in [3.05, 3.63) is 53.9 Å². The molecule has 0 bridgehead atoms. The van der Waals surface area contributed by atoms with Crippen molar-refractivity contribution < 1.29 is 19.4 Å². The monoisotopic (exact) mass is 356 g/mol. The van der Waals surface area contributed by atoms with Crippen LogP contribution in [0.3, 0.4) is 0 Å². The minimum atomic E-state index is -0.789. The van der Waals surface area contributed by atoms with Gasteiger partial charge in [0.25, 0.3) is 0 Å². The highest BCUT2D eigenvalue weighted by molar-refractivity contribution is 5.66. The largest absolute Gasteiger partial charge is 0.489 e. The first kappa shape index (κ1) is 18.2. The van der Waals surface area contributed by atoms with Crippen molar-refractivity contribution in [2.45, 2.75) is 32.5 Å². The molecular formula is C20H24N2O4. The van der Waals surface area contributed by atoms with Crippen LogP contribution in [0.4, 0.5) is 5.69 Å². The van der Waals surface area contributed by atoms with E-state index < -0.39 is 5.97 Å². The molecule has 0 saturated carbocycles. The molecule has 0 spiro atoms. The maximum absolute atomic E-state index is 10.8. The number of anilines is 1. The molecule has 2 heterocycles. The highest BCUT2D eigenvalue weighted by atomic mass is 16.5. The second-order valence-corrected chi connectivity index (χ2v) is 6.52. The first-order valence-corrected chi connectivity index (χ1v) is 8.82. The van der Waals surface area contributed by atoms with Gasteiger partial charge in [-0.05, 0) is 31.5 Å². The van der Waals surface area contributed by atoms with Crippen LogP contribution < -0.4 is 9.64 Å². The summed E-state index contributed by atoms with van der Waals surface area (Å²) in [4.78, 5) is 17.3. The Balaban J connectivity index is 1.59. The van der Waals surface area contributed by atoms with E-state index in [-0.39, 0.29) is 12.5 Å². The summed E-state index contributed by atoms with van der Waals surface area (Å²) in [5.74, 6) is 0.0451. The van der Waals surface area contributed by atoms with Crippen molar-refractivity contribution >= 4 is 11.7 Å². The lowest BCUT2D eigenvalue weighted by molar-refractivity contribution is -0.137. The number of carboxylic acid groups (broad SMARTS) is 1. The van der Waals surface area contributed by atoms with E-state index in [2.05, 4.69) is 16.0 Å². The van der Waals surface area contributed by atoms with Crippen molar-refractivity contribution in [1.82, 2.24) is 4.98 Å². The Morgan fingerprint density at radius 1 is 1.35 bits per heavy atom. The summed E-state index contributed by atoms with van der Waals surface area (Å²) in [5, 5.41) is 8.84. The van der Waals surface area contributed by atoms with E-state index in [1.165, 1.54) is 5.56 Å². The van der Waals surface area contributed by atoms with Crippen LogP contribution in [0.15, 0.2) is 42.7 Å². The molecule has 26 heavy (non-hydrogen) atoms. The van der Waals surface area contributed by atoms with Crippen molar-refractivity contribution in [2.75, 3.05) is 24.6 Å². The van der Waals surface area contributed by atoms with Crippen LogP contribution in [0.1, 0.15) is 24.0 Å². The van der Waals surface area contributed by atoms with Gasteiger partial charge in [-0.15, -0.1) is 0 Å². The smallest absolute Gasteiger partial charge is 0.303 e. The quantitative estimate of drug-likeness (QED) is 0.822. The second kappa shape index (κ2) is 8.67. The average Bonchev–Trinajstić information content (AvgIpc) is 2.66. The third-order valence-corrected chi connectivity index (χ3v) is 4.39. The number of carboxylic acids is 1. The lowest BCUT2D eigenvalue weighted by Crippen LogP contribution is -2.42. The molecule has 1 saturated heterocycles. The van der Waals surface area contributed by atoms with Crippen molar-refractivity contribution in [2.24, 2.45) is 0 Å². The zero-order valence-corrected chi connectivity index (χ0v) is 14.9. The van der Waals surface area contributed by atoms with Gasteiger partial charge in [-0.3, -0.25) is 9.78 Å². The van der Waals surface area contributed by atoms with E-state index >= 15 is 0 Å². The number of benzene rings is 1. The molecule has 3 rings (SSSR count). The van der Waals surface area contributed by atoms with Gasteiger partial charge in [0, 0.05) is 31.3 Å². The highest BCUT2D eigenvalue weighted by Crippen LogP contribution is 2.21. The van der Waals surface area contributed by atoms with E-state index in [0.29, 0.717) is 26.2 Å². The van der Waals surface area contributed by atoms with Gasteiger partial charge in [0.1, 0.15) is 12.4 Å². The Kier molecular flexibility index (Phi) is 6.07. The zero-order chi connectivity index (χ0) is 18.4. The first-order valence-electron chi connectivity index (χ1n) is 8.82. The van der Waals surface area contributed by atoms with E-state index in [9.17, 15) is 4.79 Å². The molecule has 0 unspecified atom stereocenters. The van der Waals surface area contributed by atoms with Gasteiger partial charge in [-0.25, -0.2) is 0 Å². The van der Waals surface area contributed by atoms with Crippen molar-refractivity contribution in [1.29, 1.82) is 0 Å². The van der Waals surface area contributed by atoms with Crippen LogP contribution in [-0.2, 0) is 16.1 Å². The molecule has 1 aromatic carbocycles. The summed E-state index contributed by atoms with van der Waals surface area (Å²) in [6, 6.07) is 10.0. The van der Waals surface area contributed by atoms with Gasteiger partial charge in [-0.2, -0.15) is 0 Å². The lowest BCUT2D eigenvalue weighted by Gasteiger charge is -2.34. The molecule has 1 aliphatic heterocycles. The molecule has 0 aliphatic carbocycles. The number of pyridine rings is 1. The Hall–Kier alpha value is -2.60. The number of carbonyl (C=O) groups is 1. The first-order chi connectivity index (χ1) is 12.6. The molecule has 2 aromatic rings. The topological polar surface area (TPSA) is 71.9 Å². The molecule has 6 heteroatoms. The fourth-order valence-corrected chi connectivity index (χ4v) is 2.94. The second-order valence-electron chi connectivity index (χ2n) is 6.52. The van der Waals surface area contributed by atoms with E-state index in [1.54, 1.807) is 6.20 Å². The van der Waals surface area contributed by atoms with Crippen LogP contribution in [0.5, 0.6) is 5.75 Å². The number of ether oxygens (including phenoxy) is 2. The minimum Gasteiger partial charge on any atom is -0.489 e.